The Hall–Kier alpha value is -3.33. The van der Waals surface area contributed by atoms with Gasteiger partial charge in [-0.1, -0.05) is 42.5 Å². The molecule has 0 unspecified atom stereocenters. The van der Waals surface area contributed by atoms with Crippen molar-refractivity contribution in [3.63, 3.8) is 0 Å². The molecule has 128 valence electrons. The summed E-state index contributed by atoms with van der Waals surface area (Å²) in [5, 5.41) is 1.04. The van der Waals surface area contributed by atoms with Crippen LogP contribution >= 0.6 is 0 Å². The zero-order valence-corrected chi connectivity index (χ0v) is 14.7. The summed E-state index contributed by atoms with van der Waals surface area (Å²) in [6.07, 6.45) is 0. The van der Waals surface area contributed by atoms with Gasteiger partial charge < -0.3 is 9.15 Å². The monoisotopic (exact) mass is 342 g/mol. The Morgan fingerprint density at radius 2 is 1.65 bits per heavy atom. The van der Waals surface area contributed by atoms with Gasteiger partial charge in [0, 0.05) is 16.5 Å². The lowest BCUT2D eigenvalue weighted by atomic mass is 9.99. The van der Waals surface area contributed by atoms with Crippen molar-refractivity contribution >= 4 is 16.9 Å². The van der Waals surface area contributed by atoms with Gasteiger partial charge in [-0.05, 0) is 48.4 Å². The van der Waals surface area contributed by atoms with Crippen molar-refractivity contribution < 1.29 is 13.9 Å². The van der Waals surface area contributed by atoms with E-state index in [9.17, 15) is 4.79 Å². The first-order valence-corrected chi connectivity index (χ1v) is 8.44. The van der Waals surface area contributed by atoms with Crippen molar-refractivity contribution in [2.24, 2.45) is 0 Å². The number of hydrogen-bond acceptors (Lipinski definition) is 3. The molecular formula is C23H18O3. The average molecular weight is 342 g/mol. The summed E-state index contributed by atoms with van der Waals surface area (Å²) in [5.74, 6) is 0.483. The van der Waals surface area contributed by atoms with Crippen LogP contribution in [0.3, 0.4) is 0 Å². The molecule has 4 aromatic rings. The molecule has 4 rings (SSSR count). The Bertz CT molecular complexity index is 1090. The normalized spacial score (nSPS) is 10.8. The number of carbonyl (C=O) groups is 1. The number of esters is 1. The lowest BCUT2D eigenvalue weighted by molar-refractivity contribution is 0.0601. The van der Waals surface area contributed by atoms with Gasteiger partial charge in [-0.3, -0.25) is 0 Å². The van der Waals surface area contributed by atoms with E-state index in [1.807, 2.05) is 48.5 Å². The molecule has 0 amide bonds. The van der Waals surface area contributed by atoms with E-state index >= 15 is 0 Å². The second kappa shape index (κ2) is 6.52. The Kier molecular flexibility index (Phi) is 4.05. The number of methoxy groups -OCH3 is 1. The molecule has 0 atom stereocenters. The maximum atomic E-state index is 11.9. The highest BCUT2D eigenvalue weighted by Crippen LogP contribution is 2.36. The molecule has 0 N–H and O–H groups in total. The van der Waals surface area contributed by atoms with Gasteiger partial charge in [0.15, 0.2) is 0 Å². The highest BCUT2D eigenvalue weighted by atomic mass is 16.5. The smallest absolute Gasteiger partial charge is 0.337 e. The fourth-order valence-corrected chi connectivity index (χ4v) is 3.19. The standard InChI is InChI=1S/C23H18O3/c1-15-11-19-14-21(16-7-4-3-5-8-16)26-22(19)20(12-15)17-9-6-10-18(13-17)23(24)25-2/h3-14H,1-2H3. The molecule has 0 saturated carbocycles. The first-order valence-electron chi connectivity index (χ1n) is 8.44. The number of aryl methyl sites for hydroxylation is 1. The van der Waals surface area contributed by atoms with E-state index < -0.39 is 0 Å². The van der Waals surface area contributed by atoms with Crippen LogP contribution in [0.15, 0.2) is 77.2 Å². The highest BCUT2D eigenvalue weighted by Gasteiger charge is 2.14. The molecule has 0 saturated heterocycles. The van der Waals surface area contributed by atoms with Crippen molar-refractivity contribution in [2.45, 2.75) is 6.92 Å². The van der Waals surface area contributed by atoms with Gasteiger partial charge in [-0.25, -0.2) is 4.79 Å². The van der Waals surface area contributed by atoms with Crippen LogP contribution in [-0.4, -0.2) is 13.1 Å². The topological polar surface area (TPSA) is 39.4 Å². The molecule has 3 nitrogen and oxygen atoms in total. The maximum Gasteiger partial charge on any atom is 0.337 e. The van der Waals surface area contributed by atoms with Gasteiger partial charge in [-0.2, -0.15) is 0 Å². The summed E-state index contributed by atoms with van der Waals surface area (Å²) in [6, 6.07) is 23.7. The lowest BCUT2D eigenvalue weighted by Gasteiger charge is -2.07. The minimum Gasteiger partial charge on any atom is -0.465 e. The van der Waals surface area contributed by atoms with E-state index in [1.165, 1.54) is 7.11 Å². The molecule has 0 aliphatic carbocycles. The molecule has 0 spiro atoms. The van der Waals surface area contributed by atoms with Crippen LogP contribution in [0.25, 0.3) is 33.4 Å². The number of furan rings is 1. The number of fused-ring (bicyclic) bond motifs is 1. The molecule has 0 aliphatic rings. The van der Waals surface area contributed by atoms with E-state index in [0.717, 1.165) is 39.0 Å². The van der Waals surface area contributed by atoms with Crippen LogP contribution in [0.1, 0.15) is 15.9 Å². The van der Waals surface area contributed by atoms with Crippen LogP contribution in [-0.2, 0) is 4.74 Å². The SMILES string of the molecule is COC(=O)c1cccc(-c2cc(C)cc3cc(-c4ccccc4)oc23)c1. The van der Waals surface area contributed by atoms with E-state index in [0.29, 0.717) is 5.56 Å². The number of benzene rings is 3. The summed E-state index contributed by atoms with van der Waals surface area (Å²) in [6.45, 7) is 2.06. The van der Waals surface area contributed by atoms with Gasteiger partial charge in [0.25, 0.3) is 0 Å². The van der Waals surface area contributed by atoms with Crippen molar-refractivity contribution in [3.05, 3.63) is 83.9 Å². The van der Waals surface area contributed by atoms with Crippen molar-refractivity contribution in [1.29, 1.82) is 0 Å². The predicted octanol–water partition coefficient (Wildman–Crippen LogP) is 5.86. The third kappa shape index (κ3) is 2.88. The van der Waals surface area contributed by atoms with Crippen molar-refractivity contribution in [3.8, 4) is 22.5 Å². The fraction of sp³-hybridized carbons (Fsp3) is 0.0870. The summed E-state index contributed by atoms with van der Waals surface area (Å²) >= 11 is 0. The van der Waals surface area contributed by atoms with E-state index in [1.54, 1.807) is 6.07 Å². The predicted molar refractivity (Wildman–Crippen MR) is 103 cm³/mol. The first kappa shape index (κ1) is 16.2. The molecule has 0 aliphatic heterocycles. The van der Waals surface area contributed by atoms with E-state index in [2.05, 4.69) is 25.1 Å². The molecule has 1 aromatic heterocycles. The zero-order valence-electron chi connectivity index (χ0n) is 14.7. The number of ether oxygens (including phenoxy) is 1. The summed E-state index contributed by atoms with van der Waals surface area (Å²) in [5.41, 5.74) is 5.40. The quantitative estimate of drug-likeness (QED) is 0.438. The van der Waals surface area contributed by atoms with Gasteiger partial charge >= 0.3 is 5.97 Å². The highest BCUT2D eigenvalue weighted by molar-refractivity contribution is 5.97. The summed E-state index contributed by atoms with van der Waals surface area (Å²) < 4.78 is 11.0. The number of carbonyl (C=O) groups excluding carboxylic acids is 1. The average Bonchev–Trinajstić information content (AvgIpc) is 3.11. The van der Waals surface area contributed by atoms with Crippen LogP contribution in [0.5, 0.6) is 0 Å². The molecule has 3 heteroatoms. The second-order valence-electron chi connectivity index (χ2n) is 6.28. The van der Waals surface area contributed by atoms with Crippen LogP contribution < -0.4 is 0 Å². The van der Waals surface area contributed by atoms with E-state index in [4.69, 9.17) is 9.15 Å². The Balaban J connectivity index is 1.90. The van der Waals surface area contributed by atoms with Crippen molar-refractivity contribution in [1.82, 2.24) is 0 Å². The number of rotatable bonds is 3. The molecule has 0 bridgehead atoms. The van der Waals surface area contributed by atoms with Crippen LogP contribution in [0, 0.1) is 6.92 Å². The maximum absolute atomic E-state index is 11.9. The van der Waals surface area contributed by atoms with Gasteiger partial charge in [0.2, 0.25) is 0 Å². The minimum atomic E-state index is -0.347. The molecule has 26 heavy (non-hydrogen) atoms. The molecule has 0 fully saturated rings. The molecule has 3 aromatic carbocycles. The largest absolute Gasteiger partial charge is 0.465 e. The van der Waals surface area contributed by atoms with Crippen LogP contribution in [0.4, 0.5) is 0 Å². The summed E-state index contributed by atoms with van der Waals surface area (Å²) in [7, 11) is 1.39. The third-order valence-electron chi connectivity index (χ3n) is 4.41. The van der Waals surface area contributed by atoms with Gasteiger partial charge in [-0.15, -0.1) is 0 Å². The zero-order chi connectivity index (χ0) is 18.1. The second-order valence-corrected chi connectivity index (χ2v) is 6.28. The Morgan fingerprint density at radius 1 is 0.885 bits per heavy atom. The Labute approximate surface area is 151 Å². The third-order valence-corrected chi connectivity index (χ3v) is 4.41. The molecule has 1 heterocycles. The summed E-state index contributed by atoms with van der Waals surface area (Å²) in [4.78, 5) is 11.9. The number of hydrogen-bond donors (Lipinski definition) is 0. The van der Waals surface area contributed by atoms with Crippen molar-refractivity contribution in [2.75, 3.05) is 7.11 Å². The van der Waals surface area contributed by atoms with Crippen LogP contribution in [0.2, 0.25) is 0 Å². The van der Waals surface area contributed by atoms with E-state index in [-0.39, 0.29) is 5.97 Å². The van der Waals surface area contributed by atoms with Gasteiger partial charge in [0.05, 0.1) is 12.7 Å². The molecule has 0 radical (unpaired) electrons. The minimum absolute atomic E-state index is 0.347. The first-order chi connectivity index (χ1) is 12.7. The van der Waals surface area contributed by atoms with Gasteiger partial charge in [0.1, 0.15) is 11.3 Å². The lowest BCUT2D eigenvalue weighted by Crippen LogP contribution is -2.00. The Morgan fingerprint density at radius 3 is 2.42 bits per heavy atom. The molecular weight excluding hydrogens is 324 g/mol. The fourth-order valence-electron chi connectivity index (χ4n) is 3.19.